The first kappa shape index (κ1) is 15.6. The Balaban J connectivity index is 1.83. The Kier molecular flexibility index (Phi) is 4.69. The smallest absolute Gasteiger partial charge is 0.315 e. The van der Waals surface area contributed by atoms with Gasteiger partial charge in [0.15, 0.2) is 0 Å². The van der Waals surface area contributed by atoms with E-state index < -0.39 is 23.6 Å². The maximum Gasteiger partial charge on any atom is 0.315 e. The van der Waals surface area contributed by atoms with Crippen LogP contribution in [0.2, 0.25) is 0 Å². The minimum atomic E-state index is -0.920. The molecule has 2 rings (SSSR count). The lowest BCUT2D eigenvalue weighted by Gasteiger charge is -2.41. The van der Waals surface area contributed by atoms with Crippen LogP contribution in [0.3, 0.4) is 0 Å². The molecule has 1 atom stereocenters. The lowest BCUT2D eigenvalue weighted by molar-refractivity contribution is -0.139. The molecular weight excluding hydrogens is 274 g/mol. The van der Waals surface area contributed by atoms with Crippen LogP contribution in [0.1, 0.15) is 45.4 Å². The van der Waals surface area contributed by atoms with Crippen molar-refractivity contribution in [2.75, 3.05) is 13.1 Å². The van der Waals surface area contributed by atoms with Crippen molar-refractivity contribution in [2.45, 2.75) is 57.0 Å². The van der Waals surface area contributed by atoms with E-state index in [4.69, 9.17) is 5.11 Å². The van der Waals surface area contributed by atoms with Crippen LogP contribution >= 0.6 is 0 Å². The molecule has 0 bridgehead atoms. The van der Waals surface area contributed by atoms with Gasteiger partial charge in [-0.15, -0.1) is 0 Å². The molecule has 3 N–H and O–H groups in total. The Labute approximate surface area is 124 Å². The topological polar surface area (TPSA) is 98.7 Å². The van der Waals surface area contributed by atoms with Gasteiger partial charge in [0.25, 0.3) is 0 Å². The molecule has 2 aliphatic rings. The number of hydrogen-bond acceptors (Lipinski definition) is 3. The summed E-state index contributed by atoms with van der Waals surface area (Å²) in [4.78, 5) is 36.7. The van der Waals surface area contributed by atoms with Crippen molar-refractivity contribution in [1.82, 2.24) is 15.5 Å². The number of amides is 3. The number of nitrogens with zero attached hydrogens (tertiary/aromatic N) is 1. The Hall–Kier alpha value is -1.79. The van der Waals surface area contributed by atoms with E-state index in [0.29, 0.717) is 12.8 Å². The molecule has 21 heavy (non-hydrogen) atoms. The molecule has 2 fully saturated rings. The molecule has 1 aliphatic carbocycles. The van der Waals surface area contributed by atoms with Gasteiger partial charge in [-0.1, -0.05) is 0 Å². The van der Waals surface area contributed by atoms with E-state index in [0.717, 1.165) is 32.4 Å². The number of aliphatic carboxylic acids is 1. The van der Waals surface area contributed by atoms with E-state index in [1.165, 1.54) is 0 Å². The first-order valence-electron chi connectivity index (χ1n) is 7.51. The molecule has 1 saturated heterocycles. The van der Waals surface area contributed by atoms with Gasteiger partial charge in [-0.05, 0) is 39.0 Å². The fourth-order valence-electron chi connectivity index (χ4n) is 2.99. The van der Waals surface area contributed by atoms with Crippen LogP contribution in [-0.4, -0.2) is 52.6 Å². The molecule has 1 aliphatic heterocycles. The van der Waals surface area contributed by atoms with Crippen molar-refractivity contribution in [3.05, 3.63) is 0 Å². The second-order valence-corrected chi connectivity index (χ2v) is 6.06. The molecule has 7 nitrogen and oxygen atoms in total. The van der Waals surface area contributed by atoms with Gasteiger partial charge in [0.05, 0.1) is 12.0 Å². The third kappa shape index (κ3) is 3.86. The zero-order valence-electron chi connectivity index (χ0n) is 12.4. The maximum absolute atomic E-state index is 12.1. The van der Waals surface area contributed by atoms with Gasteiger partial charge in [-0.25, -0.2) is 4.79 Å². The molecular formula is C14H23N3O4. The van der Waals surface area contributed by atoms with E-state index in [1.54, 1.807) is 11.8 Å². The van der Waals surface area contributed by atoms with E-state index >= 15 is 0 Å². The number of carbonyl (C=O) groups is 3. The highest BCUT2D eigenvalue weighted by Gasteiger charge is 2.40. The molecule has 0 radical (unpaired) electrons. The molecule has 0 aromatic carbocycles. The van der Waals surface area contributed by atoms with Crippen LogP contribution in [-0.2, 0) is 9.59 Å². The number of carbonyl (C=O) groups excluding carboxylic acids is 2. The van der Waals surface area contributed by atoms with Crippen molar-refractivity contribution in [1.29, 1.82) is 0 Å². The number of carboxylic acid groups (broad SMARTS) is 1. The van der Waals surface area contributed by atoms with Crippen LogP contribution in [0.15, 0.2) is 0 Å². The normalized spacial score (nSPS) is 21.3. The fraction of sp³-hybridized carbons (Fsp3) is 0.786. The monoisotopic (exact) mass is 297 g/mol. The highest BCUT2D eigenvalue weighted by atomic mass is 16.4. The largest absolute Gasteiger partial charge is 0.481 e. The summed E-state index contributed by atoms with van der Waals surface area (Å²) < 4.78 is 0. The summed E-state index contributed by atoms with van der Waals surface area (Å²) in [6, 6.07) is -1.05. The molecule has 1 saturated carbocycles. The van der Waals surface area contributed by atoms with E-state index in [2.05, 4.69) is 10.6 Å². The minimum absolute atomic E-state index is 0.0745. The highest BCUT2D eigenvalue weighted by Crippen LogP contribution is 2.34. The SMILES string of the molecule is CC(NC(=O)NC1(CC(=O)O)CCC1)C(=O)N1CCCC1. The molecule has 0 spiro atoms. The van der Waals surface area contributed by atoms with Crippen LogP contribution in [0.25, 0.3) is 0 Å². The van der Waals surface area contributed by atoms with E-state index in [-0.39, 0.29) is 12.3 Å². The summed E-state index contributed by atoms with van der Waals surface area (Å²) in [6.07, 6.45) is 4.19. The Bertz CT molecular complexity index is 428. The van der Waals surface area contributed by atoms with Crippen LogP contribution in [0.5, 0.6) is 0 Å². The summed E-state index contributed by atoms with van der Waals surface area (Å²) in [5.74, 6) is -1.00. The van der Waals surface area contributed by atoms with E-state index in [1.807, 2.05) is 0 Å². The first-order valence-corrected chi connectivity index (χ1v) is 7.51. The second-order valence-electron chi connectivity index (χ2n) is 6.06. The Morgan fingerprint density at radius 3 is 2.29 bits per heavy atom. The van der Waals surface area contributed by atoms with Gasteiger partial charge in [0.1, 0.15) is 6.04 Å². The molecule has 0 aromatic rings. The fourth-order valence-corrected chi connectivity index (χ4v) is 2.99. The third-order valence-electron chi connectivity index (χ3n) is 4.31. The molecule has 7 heteroatoms. The number of rotatable bonds is 5. The molecule has 3 amide bonds. The lowest BCUT2D eigenvalue weighted by atomic mass is 9.74. The van der Waals surface area contributed by atoms with Gasteiger partial charge in [0, 0.05) is 13.1 Å². The predicted molar refractivity (Wildman–Crippen MR) is 75.8 cm³/mol. The van der Waals surface area contributed by atoms with Gasteiger partial charge in [0.2, 0.25) is 5.91 Å². The lowest BCUT2D eigenvalue weighted by Crippen LogP contribution is -2.59. The summed E-state index contributed by atoms with van der Waals surface area (Å²) >= 11 is 0. The Morgan fingerprint density at radius 1 is 1.19 bits per heavy atom. The average molecular weight is 297 g/mol. The summed E-state index contributed by atoms with van der Waals surface area (Å²) in [5.41, 5.74) is -0.646. The molecule has 0 aromatic heterocycles. The number of urea groups is 1. The minimum Gasteiger partial charge on any atom is -0.481 e. The van der Waals surface area contributed by atoms with Crippen LogP contribution < -0.4 is 10.6 Å². The summed E-state index contributed by atoms with van der Waals surface area (Å²) in [6.45, 7) is 3.15. The van der Waals surface area contributed by atoms with Gasteiger partial charge in [-0.3, -0.25) is 9.59 Å². The molecule has 1 heterocycles. The maximum atomic E-state index is 12.1. The quantitative estimate of drug-likeness (QED) is 0.695. The van der Waals surface area contributed by atoms with Crippen molar-refractivity contribution < 1.29 is 19.5 Å². The zero-order valence-corrected chi connectivity index (χ0v) is 12.4. The number of nitrogens with one attached hydrogen (secondary N) is 2. The van der Waals surface area contributed by atoms with Crippen LogP contribution in [0.4, 0.5) is 4.79 Å². The van der Waals surface area contributed by atoms with E-state index in [9.17, 15) is 14.4 Å². The van der Waals surface area contributed by atoms with Gasteiger partial charge in [-0.2, -0.15) is 0 Å². The van der Waals surface area contributed by atoms with Crippen molar-refractivity contribution in [3.63, 3.8) is 0 Å². The summed E-state index contributed by atoms with van der Waals surface area (Å²) in [5, 5.41) is 14.3. The average Bonchev–Trinajstić information content (AvgIpc) is 2.88. The van der Waals surface area contributed by atoms with Crippen molar-refractivity contribution in [3.8, 4) is 0 Å². The Morgan fingerprint density at radius 2 is 1.81 bits per heavy atom. The number of hydrogen-bond donors (Lipinski definition) is 3. The van der Waals surface area contributed by atoms with Crippen molar-refractivity contribution >= 4 is 17.9 Å². The highest BCUT2D eigenvalue weighted by molar-refractivity contribution is 5.87. The van der Waals surface area contributed by atoms with Gasteiger partial charge < -0.3 is 20.6 Å². The number of likely N-dealkylation sites (tertiary alicyclic amines) is 1. The third-order valence-corrected chi connectivity index (χ3v) is 4.31. The predicted octanol–water partition coefficient (Wildman–Crippen LogP) is 0.694. The van der Waals surface area contributed by atoms with Crippen LogP contribution in [0, 0.1) is 0 Å². The first-order chi connectivity index (χ1) is 9.92. The zero-order chi connectivity index (χ0) is 15.5. The number of carboxylic acids is 1. The molecule has 1 unspecified atom stereocenters. The standard InChI is InChI=1S/C14H23N3O4/c1-10(12(20)17-7-2-3-8-17)15-13(21)16-14(5-4-6-14)9-11(18)19/h10H,2-9H2,1H3,(H,18,19)(H2,15,16,21). The van der Waals surface area contributed by atoms with Crippen molar-refractivity contribution in [2.24, 2.45) is 0 Å². The summed E-state index contributed by atoms with van der Waals surface area (Å²) in [7, 11) is 0. The van der Waals surface area contributed by atoms with Gasteiger partial charge >= 0.3 is 12.0 Å². The second kappa shape index (κ2) is 6.32. The molecule has 118 valence electrons.